The van der Waals surface area contributed by atoms with Crippen molar-refractivity contribution >= 4 is 17.0 Å². The van der Waals surface area contributed by atoms with Gasteiger partial charge in [-0.3, -0.25) is 0 Å². The number of carboxylic acid groups (broad SMARTS) is 1. The van der Waals surface area contributed by atoms with E-state index in [0.717, 1.165) is 25.9 Å². The van der Waals surface area contributed by atoms with Gasteiger partial charge in [0.15, 0.2) is 0 Å². The molecule has 0 bridgehead atoms. The van der Waals surface area contributed by atoms with Gasteiger partial charge in [0.05, 0.1) is 12.7 Å². The van der Waals surface area contributed by atoms with Gasteiger partial charge in [-0.05, 0) is 12.8 Å². The Morgan fingerprint density at radius 3 is 1.00 bits per heavy atom. The molecule has 5 nitrogen and oxygen atoms in total. The van der Waals surface area contributed by atoms with E-state index in [1.54, 1.807) is 0 Å². The highest BCUT2D eigenvalue weighted by molar-refractivity contribution is 6.60. The van der Waals surface area contributed by atoms with E-state index in [1.807, 2.05) is 0 Å². The second kappa shape index (κ2) is 42.7. The van der Waals surface area contributed by atoms with Crippen LogP contribution in [0.25, 0.3) is 0 Å². The number of ether oxygens (including phenoxy) is 1. The fraction of sp³-hybridized carbons (Fsp3) is 0.975. The minimum absolute atomic E-state index is 0.192. The fourth-order valence-corrected chi connectivity index (χ4v) is 6.28. The van der Waals surface area contributed by atoms with E-state index in [9.17, 15) is 10.2 Å². The molecule has 0 saturated carbocycles. The topological polar surface area (TPSA) is 87.0 Å². The summed E-state index contributed by atoms with van der Waals surface area (Å²) >= 11 is 4.19. The lowest BCUT2D eigenvalue weighted by Gasteiger charge is -2.22. The smallest absolute Gasteiger partial charge is 0.401 e. The van der Waals surface area contributed by atoms with Gasteiger partial charge in [0, 0.05) is 18.2 Å². The van der Waals surface area contributed by atoms with Crippen molar-refractivity contribution in [2.24, 2.45) is 0 Å². The van der Waals surface area contributed by atoms with Gasteiger partial charge in [-0.2, -0.15) is 0 Å². The minimum Gasteiger partial charge on any atom is -0.469 e. The Morgan fingerprint density at radius 1 is 0.500 bits per heavy atom. The van der Waals surface area contributed by atoms with Crippen LogP contribution in [0.3, 0.4) is 0 Å². The van der Waals surface area contributed by atoms with Gasteiger partial charge in [0.25, 0.3) is 0 Å². The molecule has 0 aliphatic carbocycles. The Balaban J connectivity index is 0. The Labute approximate surface area is 292 Å². The Bertz CT molecular complexity index is 558. The molecule has 6 heteroatoms. The predicted octanol–water partition coefficient (Wildman–Crippen LogP) is 13.5. The largest absolute Gasteiger partial charge is 0.469 e. The number of aliphatic hydroxyl groups excluding tert-OH is 2. The van der Waals surface area contributed by atoms with E-state index in [2.05, 4.69) is 25.4 Å². The van der Waals surface area contributed by atoms with Crippen molar-refractivity contribution in [1.29, 1.82) is 0 Å². The number of hydrogen-bond donors (Lipinski definition) is 3. The molecule has 0 rings (SSSR count). The van der Waals surface area contributed by atoms with Crippen LogP contribution in [-0.4, -0.2) is 46.2 Å². The molecule has 46 heavy (non-hydrogen) atoms. The maximum absolute atomic E-state index is 10.2. The van der Waals surface area contributed by atoms with Crippen LogP contribution in [0.15, 0.2) is 0 Å². The zero-order valence-corrected chi connectivity index (χ0v) is 31.7. The van der Waals surface area contributed by atoms with Crippen molar-refractivity contribution in [3.63, 3.8) is 0 Å². The highest BCUT2D eigenvalue weighted by Gasteiger charge is 2.18. The molecule has 0 saturated heterocycles. The molecule has 0 aromatic heterocycles. The molecule has 278 valence electrons. The molecule has 0 aliphatic heterocycles. The van der Waals surface area contributed by atoms with Crippen LogP contribution < -0.4 is 0 Å². The van der Waals surface area contributed by atoms with Gasteiger partial charge in [0.1, 0.15) is 6.10 Å². The zero-order chi connectivity index (χ0) is 34.2. The van der Waals surface area contributed by atoms with Crippen LogP contribution in [0.4, 0.5) is 4.79 Å². The molecule has 0 aliphatic rings. The average Bonchev–Trinajstić information content (AvgIpc) is 3.04. The van der Waals surface area contributed by atoms with Gasteiger partial charge >= 0.3 is 5.43 Å². The van der Waals surface area contributed by atoms with Crippen molar-refractivity contribution in [1.82, 2.24) is 0 Å². The molecule has 0 fully saturated rings. The van der Waals surface area contributed by atoms with E-state index >= 15 is 0 Å². The molecule has 0 heterocycles. The molecule has 0 amide bonds. The Hall–Kier alpha value is -0.360. The number of carbonyl (C=O) groups is 1. The minimum atomic E-state index is -1.36. The van der Waals surface area contributed by atoms with Crippen molar-refractivity contribution < 1.29 is 24.9 Å². The summed E-state index contributed by atoms with van der Waals surface area (Å²) in [6.07, 6.45) is 43.9. The molecule has 3 N–H and O–H groups in total. The van der Waals surface area contributed by atoms with E-state index < -0.39 is 11.5 Å². The summed E-state index contributed by atoms with van der Waals surface area (Å²) in [5.41, 5.74) is -1.36. The second-order valence-electron chi connectivity index (χ2n) is 13.8. The Morgan fingerprint density at radius 2 is 0.739 bits per heavy atom. The van der Waals surface area contributed by atoms with Crippen LogP contribution >= 0.6 is 11.6 Å². The van der Waals surface area contributed by atoms with Gasteiger partial charge in [-0.1, -0.05) is 213 Å². The van der Waals surface area contributed by atoms with Crippen molar-refractivity contribution in [3.05, 3.63) is 0 Å². The zero-order valence-electron chi connectivity index (χ0n) is 30.9. The number of unbranched alkanes of at least 4 members (excludes halogenated alkanes) is 30. The summed E-state index contributed by atoms with van der Waals surface area (Å²) in [5.74, 6) is 0. The van der Waals surface area contributed by atoms with Crippen molar-refractivity contribution in [3.8, 4) is 0 Å². The summed E-state index contributed by atoms with van der Waals surface area (Å²) in [5, 5.41) is 26.8. The van der Waals surface area contributed by atoms with E-state index in [0.29, 0.717) is 0 Å². The van der Waals surface area contributed by atoms with Gasteiger partial charge in [0.2, 0.25) is 0 Å². The number of rotatable bonds is 37. The third-order valence-corrected chi connectivity index (χ3v) is 9.29. The molecule has 0 radical (unpaired) electrons. The van der Waals surface area contributed by atoms with Crippen LogP contribution in [-0.2, 0) is 4.74 Å². The summed E-state index contributed by atoms with van der Waals surface area (Å²) in [4.78, 5) is 8.77. The SMILES string of the molecule is CCCCCCCCCCCCCCCCCCOC(CCCCCCCCCCCCCCCCCC)C(O)CO.O=C(O)Cl. The number of aliphatic hydroxyl groups is 2. The molecule has 2 unspecified atom stereocenters. The first-order chi connectivity index (χ1) is 22.5. The summed E-state index contributed by atoms with van der Waals surface area (Å²) in [6, 6.07) is 0. The maximum Gasteiger partial charge on any atom is 0.401 e. The standard InChI is InChI=1S/C39H80O3.CHClO2/c1-3-5-7-9-11-13-15-17-19-21-23-25-27-29-31-33-35-39(38(41)37-40)42-36-34-32-30-28-26-24-22-20-18-16-14-12-10-8-6-4-2;2-1(3)4/h38-41H,3-37H2,1-2H3;(H,3,4). The lowest BCUT2D eigenvalue weighted by atomic mass is 10.0. The normalized spacial score (nSPS) is 12.5. The average molecular weight is 678 g/mol. The third-order valence-electron chi connectivity index (χ3n) is 9.29. The van der Waals surface area contributed by atoms with E-state index in [-0.39, 0.29) is 12.7 Å². The summed E-state index contributed by atoms with van der Waals surface area (Å²) < 4.78 is 6.03. The van der Waals surface area contributed by atoms with Crippen LogP contribution in [0.2, 0.25) is 0 Å². The quantitative estimate of drug-likeness (QED) is 0.0450. The molecule has 0 aromatic carbocycles. The molecule has 0 spiro atoms. The number of halogens is 1. The van der Waals surface area contributed by atoms with Crippen molar-refractivity contribution in [2.75, 3.05) is 13.2 Å². The van der Waals surface area contributed by atoms with E-state index in [1.165, 1.54) is 193 Å². The maximum atomic E-state index is 10.2. The summed E-state index contributed by atoms with van der Waals surface area (Å²) in [7, 11) is 0. The molecule has 0 aromatic rings. The second-order valence-corrected chi connectivity index (χ2v) is 14.1. The van der Waals surface area contributed by atoms with Crippen LogP contribution in [0.1, 0.15) is 226 Å². The van der Waals surface area contributed by atoms with Crippen LogP contribution in [0, 0.1) is 0 Å². The lowest BCUT2D eigenvalue weighted by molar-refractivity contribution is -0.0629. The third kappa shape index (κ3) is 43.6. The van der Waals surface area contributed by atoms with Crippen LogP contribution in [0.5, 0.6) is 0 Å². The summed E-state index contributed by atoms with van der Waals surface area (Å²) in [6.45, 7) is 5.11. The Kier molecular flexibility index (Phi) is 44.3. The highest BCUT2D eigenvalue weighted by Crippen LogP contribution is 2.17. The van der Waals surface area contributed by atoms with Gasteiger partial charge in [-0.25, -0.2) is 4.79 Å². The van der Waals surface area contributed by atoms with Gasteiger partial charge < -0.3 is 20.1 Å². The highest BCUT2D eigenvalue weighted by atomic mass is 35.5. The first-order valence-electron chi connectivity index (χ1n) is 20.3. The lowest BCUT2D eigenvalue weighted by Crippen LogP contribution is -2.32. The monoisotopic (exact) mass is 677 g/mol. The predicted molar refractivity (Wildman–Crippen MR) is 200 cm³/mol. The first-order valence-corrected chi connectivity index (χ1v) is 20.7. The molecule has 2 atom stereocenters. The molecular weight excluding hydrogens is 596 g/mol. The first kappa shape index (κ1) is 47.8. The van der Waals surface area contributed by atoms with Gasteiger partial charge in [-0.15, -0.1) is 0 Å². The van der Waals surface area contributed by atoms with E-state index in [4.69, 9.17) is 14.6 Å². The fourth-order valence-electron chi connectivity index (χ4n) is 6.28. The number of hydrogen-bond acceptors (Lipinski definition) is 4. The van der Waals surface area contributed by atoms with Crippen molar-refractivity contribution in [2.45, 2.75) is 238 Å². The molecular formula is C40H81ClO5.